The number of furan rings is 1. The van der Waals surface area contributed by atoms with Gasteiger partial charge >= 0.3 is 0 Å². The SMILES string of the molecule is CC(C)c1oc2ccccc2c1C(=O)c1ccc(OCCCBr)cc1. The van der Waals surface area contributed by atoms with Crippen molar-refractivity contribution in [3.63, 3.8) is 0 Å². The van der Waals surface area contributed by atoms with Gasteiger partial charge in [0.1, 0.15) is 17.1 Å². The van der Waals surface area contributed by atoms with Gasteiger partial charge in [-0.25, -0.2) is 0 Å². The molecule has 0 atom stereocenters. The molecule has 0 unspecified atom stereocenters. The monoisotopic (exact) mass is 400 g/mol. The maximum atomic E-state index is 13.1. The van der Waals surface area contributed by atoms with Gasteiger partial charge in [0.2, 0.25) is 0 Å². The maximum absolute atomic E-state index is 13.1. The topological polar surface area (TPSA) is 39.4 Å². The molecule has 0 fully saturated rings. The van der Waals surface area contributed by atoms with E-state index in [1.165, 1.54) is 0 Å². The summed E-state index contributed by atoms with van der Waals surface area (Å²) in [5.74, 6) is 1.64. The Hall–Kier alpha value is -2.07. The van der Waals surface area contributed by atoms with E-state index in [4.69, 9.17) is 9.15 Å². The van der Waals surface area contributed by atoms with Gasteiger partial charge in [-0.3, -0.25) is 4.79 Å². The summed E-state index contributed by atoms with van der Waals surface area (Å²) in [6, 6.07) is 15.0. The lowest BCUT2D eigenvalue weighted by Gasteiger charge is -2.08. The van der Waals surface area contributed by atoms with Crippen LogP contribution in [0, 0.1) is 0 Å². The third-order valence-electron chi connectivity index (χ3n) is 4.04. The summed E-state index contributed by atoms with van der Waals surface area (Å²) >= 11 is 3.38. The summed E-state index contributed by atoms with van der Waals surface area (Å²) < 4.78 is 11.6. The molecule has 0 saturated carbocycles. The van der Waals surface area contributed by atoms with Crippen LogP contribution >= 0.6 is 15.9 Å². The average molecular weight is 401 g/mol. The zero-order valence-electron chi connectivity index (χ0n) is 14.4. The number of fused-ring (bicyclic) bond motifs is 1. The van der Waals surface area contributed by atoms with E-state index in [1.54, 1.807) is 0 Å². The van der Waals surface area contributed by atoms with Gasteiger partial charge < -0.3 is 9.15 Å². The zero-order valence-corrected chi connectivity index (χ0v) is 16.0. The van der Waals surface area contributed by atoms with Crippen molar-refractivity contribution in [2.45, 2.75) is 26.2 Å². The molecule has 0 aliphatic carbocycles. The fraction of sp³-hybridized carbons (Fsp3) is 0.286. The molecule has 3 nitrogen and oxygen atoms in total. The molecule has 0 spiro atoms. The highest BCUT2D eigenvalue weighted by atomic mass is 79.9. The molecule has 1 aromatic heterocycles. The van der Waals surface area contributed by atoms with Gasteiger partial charge in [0.25, 0.3) is 0 Å². The molecular formula is C21H21BrO3. The van der Waals surface area contributed by atoms with E-state index < -0.39 is 0 Å². The fourth-order valence-electron chi connectivity index (χ4n) is 2.80. The van der Waals surface area contributed by atoms with Crippen LogP contribution in [0.5, 0.6) is 5.75 Å². The number of ether oxygens (including phenoxy) is 1. The molecule has 0 aliphatic rings. The van der Waals surface area contributed by atoms with Gasteiger partial charge in [-0.2, -0.15) is 0 Å². The minimum atomic E-state index is -0.0133. The lowest BCUT2D eigenvalue weighted by molar-refractivity contribution is 0.103. The summed E-state index contributed by atoms with van der Waals surface area (Å²) in [7, 11) is 0. The second-order valence-corrected chi connectivity index (χ2v) is 7.03. The van der Waals surface area contributed by atoms with Crippen molar-refractivity contribution in [2.24, 2.45) is 0 Å². The molecule has 1 heterocycles. The summed E-state index contributed by atoms with van der Waals surface area (Å²) in [6.45, 7) is 4.73. The van der Waals surface area contributed by atoms with E-state index in [9.17, 15) is 4.79 Å². The molecule has 2 aromatic carbocycles. The van der Waals surface area contributed by atoms with Crippen LogP contribution in [0.2, 0.25) is 0 Å². The van der Waals surface area contributed by atoms with Gasteiger partial charge in [-0.05, 0) is 36.8 Å². The predicted molar refractivity (Wildman–Crippen MR) is 104 cm³/mol. The third-order valence-corrected chi connectivity index (χ3v) is 4.60. The second kappa shape index (κ2) is 7.87. The van der Waals surface area contributed by atoms with Crippen LogP contribution in [0.15, 0.2) is 52.9 Å². The molecule has 0 N–H and O–H groups in total. The van der Waals surface area contributed by atoms with Crippen molar-refractivity contribution in [1.29, 1.82) is 0 Å². The van der Waals surface area contributed by atoms with Crippen LogP contribution in [-0.4, -0.2) is 17.7 Å². The van der Waals surface area contributed by atoms with Gasteiger partial charge in [-0.1, -0.05) is 48.0 Å². The first-order valence-electron chi connectivity index (χ1n) is 8.46. The number of carbonyl (C=O) groups is 1. The van der Waals surface area contributed by atoms with E-state index in [0.29, 0.717) is 17.7 Å². The molecular weight excluding hydrogens is 380 g/mol. The standard InChI is InChI=1S/C21H21BrO3/c1-14(2)21-19(17-6-3-4-7-18(17)25-21)20(23)15-8-10-16(11-9-15)24-13-5-12-22/h3-4,6-11,14H,5,12-13H2,1-2H3. The molecule has 0 amide bonds. The van der Waals surface area contributed by atoms with E-state index in [2.05, 4.69) is 15.9 Å². The number of rotatable bonds is 7. The lowest BCUT2D eigenvalue weighted by Crippen LogP contribution is -2.05. The van der Waals surface area contributed by atoms with Crippen LogP contribution in [-0.2, 0) is 0 Å². The van der Waals surface area contributed by atoms with Crippen molar-refractivity contribution in [3.05, 3.63) is 65.4 Å². The molecule has 3 rings (SSSR count). The van der Waals surface area contributed by atoms with Gasteiger partial charge in [0.05, 0.1) is 12.2 Å². The number of halogens is 1. The van der Waals surface area contributed by atoms with Crippen molar-refractivity contribution in [1.82, 2.24) is 0 Å². The minimum Gasteiger partial charge on any atom is -0.494 e. The average Bonchev–Trinajstić information content (AvgIpc) is 3.02. The molecule has 0 bridgehead atoms. The zero-order chi connectivity index (χ0) is 17.8. The van der Waals surface area contributed by atoms with Crippen molar-refractivity contribution < 1.29 is 13.9 Å². The molecule has 0 saturated heterocycles. The number of para-hydroxylation sites is 1. The minimum absolute atomic E-state index is 0.0133. The normalized spacial score (nSPS) is 11.2. The highest BCUT2D eigenvalue weighted by Gasteiger charge is 2.23. The fourth-order valence-corrected chi connectivity index (χ4v) is 3.03. The van der Waals surface area contributed by atoms with E-state index in [-0.39, 0.29) is 11.7 Å². The molecule has 0 radical (unpaired) electrons. The number of hydrogen-bond donors (Lipinski definition) is 0. The Morgan fingerprint density at radius 1 is 1.12 bits per heavy atom. The van der Waals surface area contributed by atoms with Crippen LogP contribution < -0.4 is 4.74 Å². The Morgan fingerprint density at radius 2 is 1.84 bits per heavy atom. The number of benzene rings is 2. The highest BCUT2D eigenvalue weighted by molar-refractivity contribution is 9.09. The predicted octanol–water partition coefficient (Wildman–Crippen LogP) is 5.95. The van der Waals surface area contributed by atoms with Crippen LogP contribution in [0.25, 0.3) is 11.0 Å². The van der Waals surface area contributed by atoms with Crippen molar-refractivity contribution >= 4 is 32.7 Å². The molecule has 130 valence electrons. The number of hydrogen-bond acceptors (Lipinski definition) is 3. The van der Waals surface area contributed by atoms with Gasteiger partial charge in [0.15, 0.2) is 5.78 Å². The second-order valence-electron chi connectivity index (χ2n) is 6.24. The molecule has 3 aromatic rings. The first kappa shape index (κ1) is 17.7. The van der Waals surface area contributed by atoms with Gasteiger partial charge in [0, 0.05) is 22.2 Å². The van der Waals surface area contributed by atoms with Crippen LogP contribution in [0.4, 0.5) is 0 Å². The molecule has 4 heteroatoms. The van der Waals surface area contributed by atoms with Crippen molar-refractivity contribution in [3.8, 4) is 5.75 Å². The Labute approximate surface area is 156 Å². The largest absolute Gasteiger partial charge is 0.494 e. The van der Waals surface area contributed by atoms with Crippen LogP contribution in [0.1, 0.15) is 47.9 Å². The Morgan fingerprint density at radius 3 is 2.52 bits per heavy atom. The lowest BCUT2D eigenvalue weighted by atomic mass is 9.96. The quantitative estimate of drug-likeness (QED) is 0.279. The molecule has 0 aliphatic heterocycles. The van der Waals surface area contributed by atoms with Crippen molar-refractivity contribution in [2.75, 3.05) is 11.9 Å². The number of ketones is 1. The number of carbonyl (C=O) groups excluding carboxylic acids is 1. The summed E-state index contributed by atoms with van der Waals surface area (Å²) in [6.07, 6.45) is 0.944. The first-order chi connectivity index (χ1) is 12.1. The van der Waals surface area contributed by atoms with E-state index in [0.717, 1.165) is 34.2 Å². The summed E-state index contributed by atoms with van der Waals surface area (Å²) in [5.41, 5.74) is 2.06. The maximum Gasteiger partial charge on any atom is 0.197 e. The van der Waals surface area contributed by atoms with E-state index in [1.807, 2.05) is 62.4 Å². The Bertz CT molecular complexity index is 862. The molecule has 25 heavy (non-hydrogen) atoms. The Balaban J connectivity index is 1.93. The van der Waals surface area contributed by atoms with Crippen LogP contribution in [0.3, 0.4) is 0 Å². The smallest absolute Gasteiger partial charge is 0.197 e. The summed E-state index contributed by atoms with van der Waals surface area (Å²) in [5, 5.41) is 1.78. The number of alkyl halides is 1. The highest BCUT2D eigenvalue weighted by Crippen LogP contribution is 2.32. The third kappa shape index (κ3) is 3.79. The Kier molecular flexibility index (Phi) is 5.59. The van der Waals surface area contributed by atoms with Gasteiger partial charge in [-0.15, -0.1) is 0 Å². The first-order valence-corrected chi connectivity index (χ1v) is 9.59. The van der Waals surface area contributed by atoms with E-state index >= 15 is 0 Å². The summed E-state index contributed by atoms with van der Waals surface area (Å²) in [4.78, 5) is 13.1.